The van der Waals surface area contributed by atoms with Gasteiger partial charge >= 0.3 is 12.4 Å². The van der Waals surface area contributed by atoms with Crippen LogP contribution in [0.4, 0.5) is 32.0 Å². The van der Waals surface area contributed by atoms with Gasteiger partial charge in [0.1, 0.15) is 0 Å². The fraction of sp³-hybridized carbons (Fsp3) is 0.400. The van der Waals surface area contributed by atoms with Crippen LogP contribution < -0.4 is 4.97 Å². The summed E-state index contributed by atoms with van der Waals surface area (Å²) < 4.78 is 75.5. The van der Waals surface area contributed by atoms with Crippen molar-refractivity contribution in [3.8, 4) is 0 Å². The number of halogens is 6. The maximum atomic E-state index is 12.6. The molecule has 2 rings (SSSR count). The van der Waals surface area contributed by atoms with Crippen molar-refractivity contribution in [3.63, 3.8) is 0 Å². The fourth-order valence-electron chi connectivity index (χ4n) is 1.62. The maximum absolute atomic E-state index is 12.6. The highest BCUT2D eigenvalue weighted by Gasteiger charge is 2.37. The second-order valence-electron chi connectivity index (χ2n) is 3.89. The number of hydrogen-bond donors (Lipinski definition) is 0. The van der Waals surface area contributed by atoms with Crippen molar-refractivity contribution in [2.75, 3.05) is 11.6 Å². The topological polar surface area (TPSA) is 12.5 Å². The zero-order valence-corrected chi connectivity index (χ0v) is 9.35. The quantitative estimate of drug-likeness (QED) is 0.577. The van der Waals surface area contributed by atoms with Gasteiger partial charge in [-0.05, 0) is 24.5 Å². The van der Waals surface area contributed by atoms with E-state index in [1.165, 1.54) is 7.41 Å². The van der Waals surface area contributed by atoms with Crippen LogP contribution in [0.15, 0.2) is 18.2 Å². The molecule has 1 radical (unpaired) electrons. The molecule has 2 nitrogen and oxygen atoms in total. The lowest BCUT2D eigenvalue weighted by Crippen LogP contribution is -2.21. The van der Waals surface area contributed by atoms with E-state index in [0.717, 1.165) is 4.97 Å². The van der Waals surface area contributed by atoms with Crippen molar-refractivity contribution in [1.82, 2.24) is 0 Å². The number of benzene rings is 1. The molecule has 1 aromatic rings. The van der Waals surface area contributed by atoms with Gasteiger partial charge in [0.05, 0.1) is 17.7 Å². The van der Waals surface area contributed by atoms with Gasteiger partial charge in [-0.1, -0.05) is 0 Å². The van der Waals surface area contributed by atoms with Gasteiger partial charge in [0, 0.05) is 5.69 Å². The van der Waals surface area contributed by atoms with E-state index in [-0.39, 0.29) is 18.4 Å². The molecular weight excluding hydrogens is 275 g/mol. The lowest BCUT2D eigenvalue weighted by atomic mass is 9.90. The standard InChI is InChI=1S/C10H7BF6NO/c12-9(13,14)6-3-7(10(15,16)17)5-8(4-6)18-11-1-2-19-18/h3-5H,1-2H2. The van der Waals surface area contributed by atoms with Crippen molar-refractivity contribution in [1.29, 1.82) is 0 Å². The number of rotatable bonds is 1. The van der Waals surface area contributed by atoms with E-state index in [1.807, 2.05) is 0 Å². The highest BCUT2D eigenvalue weighted by Crippen LogP contribution is 2.38. The van der Waals surface area contributed by atoms with Crippen LogP contribution >= 0.6 is 0 Å². The molecule has 0 bridgehead atoms. The van der Waals surface area contributed by atoms with Gasteiger partial charge in [0.15, 0.2) is 0 Å². The number of nitrogens with zero attached hydrogens (tertiary/aromatic N) is 1. The summed E-state index contributed by atoms with van der Waals surface area (Å²) in [6.45, 7) is 0.220. The predicted octanol–water partition coefficient (Wildman–Crippen LogP) is 3.51. The molecule has 0 atom stereocenters. The molecule has 1 aliphatic heterocycles. The van der Waals surface area contributed by atoms with Crippen LogP contribution in [0, 0.1) is 0 Å². The Morgan fingerprint density at radius 1 is 0.947 bits per heavy atom. The van der Waals surface area contributed by atoms with Gasteiger partial charge in [-0.2, -0.15) is 26.3 Å². The smallest absolute Gasteiger partial charge is 0.306 e. The first-order chi connectivity index (χ1) is 8.68. The van der Waals surface area contributed by atoms with Crippen LogP contribution in [-0.4, -0.2) is 14.0 Å². The van der Waals surface area contributed by atoms with E-state index in [4.69, 9.17) is 4.84 Å². The molecule has 1 heterocycles. The molecule has 0 amide bonds. The first-order valence-electron chi connectivity index (χ1n) is 5.23. The second-order valence-corrected chi connectivity index (χ2v) is 3.89. The first kappa shape index (κ1) is 14.0. The monoisotopic (exact) mass is 282 g/mol. The summed E-state index contributed by atoms with van der Waals surface area (Å²) in [6.07, 6.45) is -9.27. The Kier molecular flexibility index (Phi) is 3.42. The Bertz CT molecular complexity index is 434. The van der Waals surface area contributed by atoms with Crippen LogP contribution in [0.25, 0.3) is 0 Å². The molecule has 0 aromatic heterocycles. The van der Waals surface area contributed by atoms with E-state index in [0.29, 0.717) is 18.5 Å². The fourth-order valence-corrected chi connectivity index (χ4v) is 1.62. The summed E-state index contributed by atoms with van der Waals surface area (Å²) in [5, 5.41) is 0. The van der Waals surface area contributed by atoms with E-state index >= 15 is 0 Å². The van der Waals surface area contributed by atoms with Crippen molar-refractivity contribution in [3.05, 3.63) is 29.3 Å². The average molecular weight is 282 g/mol. The molecule has 9 heteroatoms. The Labute approximate surface area is 105 Å². The molecule has 0 spiro atoms. The van der Waals surface area contributed by atoms with Gasteiger partial charge < -0.3 is 4.97 Å². The Morgan fingerprint density at radius 2 is 1.47 bits per heavy atom. The van der Waals surface area contributed by atoms with E-state index < -0.39 is 23.5 Å². The minimum atomic E-state index is -4.85. The molecule has 0 saturated carbocycles. The molecule has 1 aliphatic rings. The minimum absolute atomic E-state index is 0.0829. The molecule has 103 valence electrons. The predicted molar refractivity (Wildman–Crippen MR) is 55.4 cm³/mol. The van der Waals surface area contributed by atoms with Gasteiger partial charge in [0.25, 0.3) is 7.41 Å². The second kappa shape index (κ2) is 4.62. The van der Waals surface area contributed by atoms with E-state index in [2.05, 4.69) is 0 Å². The van der Waals surface area contributed by atoms with E-state index in [9.17, 15) is 26.3 Å². The van der Waals surface area contributed by atoms with Crippen LogP contribution in [0.1, 0.15) is 11.1 Å². The molecule has 1 saturated heterocycles. The average Bonchev–Trinajstić information content (AvgIpc) is 2.79. The van der Waals surface area contributed by atoms with Crippen LogP contribution in [0.2, 0.25) is 6.32 Å². The van der Waals surface area contributed by atoms with Crippen LogP contribution in [0.5, 0.6) is 0 Å². The summed E-state index contributed by atoms with van der Waals surface area (Å²) in [7, 11) is 1.38. The molecule has 0 aliphatic carbocycles. The summed E-state index contributed by atoms with van der Waals surface area (Å²) in [5.41, 5.74) is -3.01. The van der Waals surface area contributed by atoms with Crippen molar-refractivity contribution in [2.24, 2.45) is 0 Å². The third-order valence-corrected chi connectivity index (χ3v) is 2.47. The number of alkyl halides is 6. The Morgan fingerprint density at radius 3 is 1.84 bits per heavy atom. The van der Waals surface area contributed by atoms with Crippen molar-refractivity contribution in [2.45, 2.75) is 18.7 Å². The molecular formula is C10H7BF6NO. The van der Waals surface area contributed by atoms with Gasteiger partial charge in [-0.15, -0.1) is 0 Å². The number of hydrogen-bond acceptors (Lipinski definition) is 2. The third-order valence-electron chi connectivity index (χ3n) is 2.47. The molecule has 0 N–H and O–H groups in total. The van der Waals surface area contributed by atoms with Gasteiger partial charge in [0.2, 0.25) is 0 Å². The Balaban J connectivity index is 2.48. The summed E-state index contributed by atoms with van der Waals surface area (Å²) in [5.74, 6) is 0. The van der Waals surface area contributed by atoms with Crippen molar-refractivity contribution >= 4 is 13.1 Å². The lowest BCUT2D eigenvalue weighted by Gasteiger charge is -2.20. The van der Waals surface area contributed by atoms with E-state index in [1.54, 1.807) is 0 Å². The highest BCUT2D eigenvalue weighted by atomic mass is 19.4. The molecule has 1 aromatic carbocycles. The zero-order chi connectivity index (χ0) is 14.3. The zero-order valence-electron chi connectivity index (χ0n) is 9.35. The molecule has 0 unspecified atom stereocenters. The first-order valence-corrected chi connectivity index (χ1v) is 5.23. The molecule has 19 heavy (non-hydrogen) atoms. The summed E-state index contributed by atoms with van der Waals surface area (Å²) in [4.78, 5) is 5.84. The summed E-state index contributed by atoms with van der Waals surface area (Å²) in [6, 6.07) is 1.33. The number of anilines is 1. The molecule has 1 fully saturated rings. The van der Waals surface area contributed by atoms with Crippen LogP contribution in [-0.2, 0) is 17.2 Å². The Hall–Kier alpha value is -1.38. The summed E-state index contributed by atoms with van der Waals surface area (Å²) >= 11 is 0. The SMILES string of the molecule is FC(F)(F)c1cc(N2[B]CCO2)cc(C(F)(F)F)c1. The third kappa shape index (κ3) is 3.15. The van der Waals surface area contributed by atoms with Gasteiger partial charge in [-0.25, -0.2) is 0 Å². The largest absolute Gasteiger partial charge is 0.416 e. The van der Waals surface area contributed by atoms with Gasteiger partial charge in [-0.3, -0.25) is 4.84 Å². The lowest BCUT2D eigenvalue weighted by molar-refractivity contribution is -0.143. The normalized spacial score (nSPS) is 16.6. The highest BCUT2D eigenvalue weighted by molar-refractivity contribution is 6.41. The minimum Gasteiger partial charge on any atom is -0.306 e. The van der Waals surface area contributed by atoms with Crippen LogP contribution in [0.3, 0.4) is 0 Å². The van der Waals surface area contributed by atoms with Crippen molar-refractivity contribution < 1.29 is 31.2 Å². The maximum Gasteiger partial charge on any atom is 0.416 e.